The number of carbonyl (C=O) groups excluding carboxylic acids is 1. The van der Waals surface area contributed by atoms with Crippen LogP contribution < -0.4 is 5.43 Å². The fraction of sp³-hybridized carbons (Fsp3) is 0.0476. The van der Waals surface area contributed by atoms with E-state index in [4.69, 9.17) is 11.6 Å². The van der Waals surface area contributed by atoms with Crippen molar-refractivity contribution < 1.29 is 4.79 Å². The third-order valence-electron chi connectivity index (χ3n) is 4.23. The van der Waals surface area contributed by atoms with Gasteiger partial charge < -0.3 is 0 Å². The molecule has 0 saturated carbocycles. The van der Waals surface area contributed by atoms with Gasteiger partial charge in [0.1, 0.15) is 4.88 Å². The van der Waals surface area contributed by atoms with E-state index in [0.29, 0.717) is 9.90 Å². The van der Waals surface area contributed by atoms with Crippen molar-refractivity contribution >= 4 is 55.4 Å². The summed E-state index contributed by atoms with van der Waals surface area (Å²) in [5, 5.41) is 7.93. The van der Waals surface area contributed by atoms with Gasteiger partial charge in [-0.05, 0) is 35.4 Å². The van der Waals surface area contributed by atoms with Crippen LogP contribution in [-0.2, 0) is 0 Å². The van der Waals surface area contributed by atoms with Gasteiger partial charge in [0.05, 0.1) is 10.7 Å². The van der Waals surface area contributed by atoms with Gasteiger partial charge in [0.15, 0.2) is 0 Å². The van der Waals surface area contributed by atoms with Crippen LogP contribution in [0.25, 0.3) is 20.9 Å². The lowest BCUT2D eigenvalue weighted by Gasteiger charge is -2.04. The first-order valence-corrected chi connectivity index (χ1v) is 9.34. The first kappa shape index (κ1) is 16.8. The minimum atomic E-state index is -0.295. The Morgan fingerprint density at radius 1 is 1.00 bits per heavy atom. The number of benzene rings is 3. The Bertz CT molecular complexity index is 1160. The van der Waals surface area contributed by atoms with E-state index in [1.807, 2.05) is 55.5 Å². The Labute approximate surface area is 159 Å². The molecule has 0 bridgehead atoms. The first-order chi connectivity index (χ1) is 12.6. The van der Waals surface area contributed by atoms with Gasteiger partial charge in [-0.15, -0.1) is 11.3 Å². The molecular formula is C21H15ClN2OS. The Balaban J connectivity index is 1.59. The summed E-state index contributed by atoms with van der Waals surface area (Å²) in [6.45, 7) is 1.87. The number of thiophene rings is 1. The summed E-state index contributed by atoms with van der Waals surface area (Å²) in [4.78, 5) is 13.0. The van der Waals surface area contributed by atoms with E-state index >= 15 is 0 Å². The Kier molecular flexibility index (Phi) is 4.45. The molecule has 3 aromatic carbocycles. The summed E-state index contributed by atoms with van der Waals surface area (Å²) in [7, 11) is 0. The van der Waals surface area contributed by atoms with E-state index in [-0.39, 0.29) is 5.91 Å². The lowest BCUT2D eigenvalue weighted by atomic mass is 10.0. The summed E-state index contributed by atoms with van der Waals surface area (Å²) in [6.07, 6.45) is 0. The third kappa shape index (κ3) is 3.09. The van der Waals surface area contributed by atoms with Crippen LogP contribution in [0, 0.1) is 0 Å². The highest BCUT2D eigenvalue weighted by molar-refractivity contribution is 7.21. The largest absolute Gasteiger partial charge is 0.283 e. The minimum absolute atomic E-state index is 0.295. The van der Waals surface area contributed by atoms with Crippen molar-refractivity contribution in [2.75, 3.05) is 0 Å². The van der Waals surface area contributed by atoms with Crippen molar-refractivity contribution in [2.45, 2.75) is 6.92 Å². The number of hydrogen-bond donors (Lipinski definition) is 1. The van der Waals surface area contributed by atoms with Crippen molar-refractivity contribution in [2.24, 2.45) is 5.10 Å². The Morgan fingerprint density at radius 3 is 2.54 bits per heavy atom. The standard InChI is InChI=1S/C21H15ClN2OS/c1-13(15-11-10-14-6-2-3-7-16(14)12-15)23-24-21(25)20-19(22)17-8-4-5-9-18(17)26-20/h2-12H,1H3,(H,24,25)/b23-13+. The van der Waals surface area contributed by atoms with Gasteiger partial charge in [0, 0.05) is 10.1 Å². The van der Waals surface area contributed by atoms with E-state index < -0.39 is 0 Å². The van der Waals surface area contributed by atoms with Gasteiger partial charge in [0.25, 0.3) is 5.91 Å². The van der Waals surface area contributed by atoms with E-state index in [9.17, 15) is 4.79 Å². The summed E-state index contributed by atoms with van der Waals surface area (Å²) < 4.78 is 0.984. The van der Waals surface area contributed by atoms with Gasteiger partial charge in [-0.2, -0.15) is 5.10 Å². The average molecular weight is 379 g/mol. The number of carbonyl (C=O) groups is 1. The highest BCUT2D eigenvalue weighted by Gasteiger charge is 2.16. The van der Waals surface area contributed by atoms with Crippen molar-refractivity contribution in [1.82, 2.24) is 5.43 Å². The molecule has 5 heteroatoms. The molecule has 1 amide bonds. The second-order valence-corrected chi connectivity index (χ2v) is 7.37. The van der Waals surface area contributed by atoms with E-state index in [2.05, 4.69) is 28.7 Å². The summed E-state index contributed by atoms with van der Waals surface area (Å²) >= 11 is 7.72. The van der Waals surface area contributed by atoms with Crippen LogP contribution in [-0.4, -0.2) is 11.6 Å². The molecule has 0 aliphatic carbocycles. The number of halogens is 1. The van der Waals surface area contributed by atoms with Gasteiger partial charge in [-0.3, -0.25) is 4.79 Å². The molecule has 0 atom stereocenters. The van der Waals surface area contributed by atoms with Crippen molar-refractivity contribution in [3.8, 4) is 0 Å². The second-order valence-electron chi connectivity index (χ2n) is 5.94. The molecular weight excluding hydrogens is 364 g/mol. The number of hydrazone groups is 1. The lowest BCUT2D eigenvalue weighted by molar-refractivity contribution is 0.0959. The molecule has 0 fully saturated rings. The van der Waals surface area contributed by atoms with Crippen LogP contribution in [0.1, 0.15) is 22.2 Å². The highest BCUT2D eigenvalue weighted by Crippen LogP contribution is 2.34. The normalized spacial score (nSPS) is 11.8. The van der Waals surface area contributed by atoms with E-state index in [1.165, 1.54) is 16.7 Å². The monoisotopic (exact) mass is 378 g/mol. The Morgan fingerprint density at radius 2 is 1.73 bits per heavy atom. The van der Waals surface area contributed by atoms with Crippen LogP contribution in [0.3, 0.4) is 0 Å². The van der Waals surface area contributed by atoms with Crippen LogP contribution in [0.4, 0.5) is 0 Å². The van der Waals surface area contributed by atoms with Crippen LogP contribution >= 0.6 is 22.9 Å². The number of fused-ring (bicyclic) bond motifs is 2. The van der Waals surface area contributed by atoms with Crippen LogP contribution in [0.5, 0.6) is 0 Å². The maximum absolute atomic E-state index is 12.5. The molecule has 1 aromatic heterocycles. The quantitative estimate of drug-likeness (QED) is 0.352. The molecule has 0 aliphatic heterocycles. The molecule has 4 rings (SSSR count). The molecule has 1 heterocycles. The first-order valence-electron chi connectivity index (χ1n) is 8.14. The van der Waals surface area contributed by atoms with Gasteiger partial charge in [0.2, 0.25) is 0 Å². The molecule has 0 spiro atoms. The summed E-state index contributed by atoms with van der Waals surface area (Å²) in [6, 6.07) is 21.9. The number of hydrogen-bond acceptors (Lipinski definition) is 3. The molecule has 0 aliphatic rings. The maximum Gasteiger partial charge on any atom is 0.283 e. The predicted molar refractivity (Wildman–Crippen MR) is 110 cm³/mol. The molecule has 128 valence electrons. The van der Waals surface area contributed by atoms with Gasteiger partial charge in [-0.25, -0.2) is 5.43 Å². The molecule has 26 heavy (non-hydrogen) atoms. The molecule has 4 aromatic rings. The van der Waals surface area contributed by atoms with Gasteiger partial charge in [-0.1, -0.05) is 66.2 Å². The van der Waals surface area contributed by atoms with Gasteiger partial charge >= 0.3 is 0 Å². The zero-order chi connectivity index (χ0) is 18.1. The number of amides is 1. The van der Waals surface area contributed by atoms with Crippen LogP contribution in [0.2, 0.25) is 5.02 Å². The third-order valence-corrected chi connectivity index (χ3v) is 5.91. The number of nitrogens with zero attached hydrogens (tertiary/aromatic N) is 1. The van der Waals surface area contributed by atoms with Crippen molar-refractivity contribution in [3.05, 3.63) is 82.2 Å². The molecule has 0 unspecified atom stereocenters. The topological polar surface area (TPSA) is 41.5 Å². The fourth-order valence-corrected chi connectivity index (χ4v) is 4.23. The molecule has 1 N–H and O–H groups in total. The zero-order valence-electron chi connectivity index (χ0n) is 14.0. The van der Waals surface area contributed by atoms with Crippen molar-refractivity contribution in [3.63, 3.8) is 0 Å². The van der Waals surface area contributed by atoms with E-state index in [0.717, 1.165) is 26.7 Å². The number of nitrogens with one attached hydrogen (secondary N) is 1. The zero-order valence-corrected chi connectivity index (χ0v) is 15.6. The van der Waals surface area contributed by atoms with Crippen molar-refractivity contribution in [1.29, 1.82) is 0 Å². The van der Waals surface area contributed by atoms with E-state index in [1.54, 1.807) is 0 Å². The lowest BCUT2D eigenvalue weighted by Crippen LogP contribution is -2.18. The Hall–Kier alpha value is -2.69. The fourth-order valence-electron chi connectivity index (χ4n) is 2.82. The summed E-state index contributed by atoms with van der Waals surface area (Å²) in [5.41, 5.74) is 4.32. The average Bonchev–Trinajstić information content (AvgIpc) is 3.02. The summed E-state index contributed by atoms with van der Waals surface area (Å²) in [5.74, 6) is -0.295. The highest BCUT2D eigenvalue weighted by atomic mass is 35.5. The molecule has 0 saturated heterocycles. The van der Waals surface area contributed by atoms with Crippen LogP contribution in [0.15, 0.2) is 71.8 Å². The smallest absolute Gasteiger partial charge is 0.266 e. The molecule has 3 nitrogen and oxygen atoms in total. The molecule has 0 radical (unpaired) electrons. The number of rotatable bonds is 3. The maximum atomic E-state index is 12.5. The predicted octanol–water partition coefficient (Wildman–Crippen LogP) is 5.86. The second kappa shape index (κ2) is 6.90. The minimum Gasteiger partial charge on any atom is -0.266 e. The SMILES string of the molecule is C/C(=N\NC(=O)c1sc2ccccc2c1Cl)c1ccc2ccccc2c1.